The van der Waals surface area contributed by atoms with Crippen LogP contribution in [0.2, 0.25) is 0 Å². The molecule has 1 atom stereocenters. The van der Waals surface area contributed by atoms with Crippen molar-refractivity contribution in [2.45, 2.75) is 51.5 Å². The summed E-state index contributed by atoms with van der Waals surface area (Å²) in [7, 11) is 0. The predicted molar refractivity (Wildman–Crippen MR) is 63.5 cm³/mol. The van der Waals surface area contributed by atoms with Crippen molar-refractivity contribution in [1.82, 2.24) is 0 Å². The molecule has 0 aliphatic rings. The first-order valence-electron chi connectivity index (χ1n) is 5.87. The fourth-order valence-corrected chi connectivity index (χ4v) is 1.51. The molecule has 17 heavy (non-hydrogen) atoms. The summed E-state index contributed by atoms with van der Waals surface area (Å²) in [6.45, 7) is 1.21. The molecule has 1 unspecified atom stereocenters. The van der Waals surface area contributed by atoms with Gasteiger partial charge in [-0.2, -0.15) is 0 Å². The molecule has 0 rings (SSSR count). The van der Waals surface area contributed by atoms with Gasteiger partial charge in [0.05, 0.1) is 19.1 Å². The monoisotopic (exact) mass is 243 g/mol. The van der Waals surface area contributed by atoms with Crippen LogP contribution in [0.5, 0.6) is 0 Å². The van der Waals surface area contributed by atoms with Crippen LogP contribution >= 0.6 is 0 Å². The zero-order valence-corrected chi connectivity index (χ0v) is 10.3. The van der Waals surface area contributed by atoms with Crippen molar-refractivity contribution in [3.63, 3.8) is 0 Å². The average molecular weight is 243 g/mol. The summed E-state index contributed by atoms with van der Waals surface area (Å²) in [6.07, 6.45) is 2.29. The van der Waals surface area contributed by atoms with Crippen LogP contribution in [0, 0.1) is 0 Å². The number of ketones is 3. The van der Waals surface area contributed by atoms with Crippen molar-refractivity contribution in [3.05, 3.63) is 0 Å². The van der Waals surface area contributed by atoms with Gasteiger partial charge in [-0.15, -0.1) is 0 Å². The van der Waals surface area contributed by atoms with Gasteiger partial charge in [-0.25, -0.2) is 0 Å². The summed E-state index contributed by atoms with van der Waals surface area (Å²) >= 11 is 0. The first-order valence-corrected chi connectivity index (χ1v) is 5.87. The van der Waals surface area contributed by atoms with E-state index in [9.17, 15) is 14.4 Å². The molecule has 5 nitrogen and oxygen atoms in total. The van der Waals surface area contributed by atoms with E-state index in [1.165, 1.54) is 6.92 Å². The van der Waals surface area contributed by atoms with Crippen molar-refractivity contribution in [2.75, 3.05) is 6.61 Å². The minimum absolute atomic E-state index is 0.00447. The Labute approximate surface area is 101 Å². The SMILES string of the molecule is CC(=O)CC(=O)CCCCC(N)C(=O)CCO. The lowest BCUT2D eigenvalue weighted by molar-refractivity contribution is -0.126. The van der Waals surface area contributed by atoms with Gasteiger partial charge >= 0.3 is 0 Å². The highest BCUT2D eigenvalue weighted by atomic mass is 16.3. The van der Waals surface area contributed by atoms with E-state index in [-0.39, 0.29) is 36.8 Å². The molecular weight excluding hydrogens is 222 g/mol. The largest absolute Gasteiger partial charge is 0.396 e. The van der Waals surface area contributed by atoms with Crippen molar-refractivity contribution in [3.8, 4) is 0 Å². The van der Waals surface area contributed by atoms with Gasteiger partial charge in [-0.3, -0.25) is 14.4 Å². The maximum Gasteiger partial charge on any atom is 0.151 e. The third-order valence-electron chi connectivity index (χ3n) is 2.44. The molecular formula is C12H21NO4. The van der Waals surface area contributed by atoms with E-state index in [4.69, 9.17) is 10.8 Å². The first-order chi connectivity index (χ1) is 7.97. The highest BCUT2D eigenvalue weighted by Gasteiger charge is 2.12. The van der Waals surface area contributed by atoms with Gasteiger partial charge in [0.15, 0.2) is 5.78 Å². The lowest BCUT2D eigenvalue weighted by atomic mass is 10.0. The van der Waals surface area contributed by atoms with Crippen LogP contribution in [-0.2, 0) is 14.4 Å². The molecule has 0 fully saturated rings. The maximum atomic E-state index is 11.2. The Hall–Kier alpha value is -1.07. The quantitative estimate of drug-likeness (QED) is 0.427. The van der Waals surface area contributed by atoms with Gasteiger partial charge in [0.2, 0.25) is 0 Å². The van der Waals surface area contributed by atoms with Crippen LogP contribution in [0.25, 0.3) is 0 Å². The highest BCUT2D eigenvalue weighted by molar-refractivity contribution is 5.97. The molecule has 5 heteroatoms. The standard InChI is InChI=1S/C12H21NO4/c1-9(15)8-10(16)4-2-3-5-11(13)12(17)6-7-14/h11,14H,2-8,13H2,1H3. The number of aliphatic hydroxyl groups is 1. The summed E-state index contributed by atoms with van der Waals surface area (Å²) in [5, 5.41) is 8.56. The zero-order chi connectivity index (χ0) is 13.3. The number of aliphatic hydroxyl groups excluding tert-OH is 1. The van der Waals surface area contributed by atoms with Crippen LogP contribution < -0.4 is 5.73 Å². The lowest BCUT2D eigenvalue weighted by Gasteiger charge is -2.08. The van der Waals surface area contributed by atoms with Crippen LogP contribution in [0.4, 0.5) is 0 Å². The van der Waals surface area contributed by atoms with Crippen LogP contribution in [0.1, 0.15) is 45.4 Å². The van der Waals surface area contributed by atoms with E-state index in [0.717, 1.165) is 0 Å². The number of nitrogens with two attached hydrogens (primary N) is 1. The Kier molecular flexibility index (Phi) is 8.44. The van der Waals surface area contributed by atoms with Gasteiger partial charge in [-0.05, 0) is 19.8 Å². The number of hydrogen-bond donors (Lipinski definition) is 2. The minimum atomic E-state index is -0.551. The Balaban J connectivity index is 3.60. The number of carbonyl (C=O) groups excluding carboxylic acids is 3. The Bertz CT molecular complexity index is 276. The van der Waals surface area contributed by atoms with Crippen molar-refractivity contribution >= 4 is 17.3 Å². The van der Waals surface area contributed by atoms with Crippen LogP contribution in [-0.4, -0.2) is 35.1 Å². The van der Waals surface area contributed by atoms with E-state index >= 15 is 0 Å². The third-order valence-corrected chi connectivity index (χ3v) is 2.44. The highest BCUT2D eigenvalue weighted by Crippen LogP contribution is 2.06. The molecule has 3 N–H and O–H groups in total. The van der Waals surface area contributed by atoms with Crippen molar-refractivity contribution < 1.29 is 19.5 Å². The van der Waals surface area contributed by atoms with Gasteiger partial charge in [0.1, 0.15) is 11.6 Å². The molecule has 0 bridgehead atoms. The second kappa shape index (κ2) is 9.01. The summed E-state index contributed by atoms with van der Waals surface area (Å²) in [4.78, 5) is 33.0. The maximum absolute atomic E-state index is 11.2. The molecule has 0 saturated carbocycles. The third kappa shape index (κ3) is 8.71. The molecule has 98 valence electrons. The fraction of sp³-hybridized carbons (Fsp3) is 0.750. The molecule has 0 aromatic rings. The van der Waals surface area contributed by atoms with Crippen molar-refractivity contribution in [2.24, 2.45) is 5.73 Å². The van der Waals surface area contributed by atoms with Crippen LogP contribution in [0.15, 0.2) is 0 Å². The zero-order valence-electron chi connectivity index (χ0n) is 10.3. The first kappa shape index (κ1) is 15.9. The fourth-order valence-electron chi connectivity index (χ4n) is 1.51. The Morgan fingerprint density at radius 3 is 2.35 bits per heavy atom. The molecule has 0 amide bonds. The number of unbranched alkanes of at least 4 members (excludes halogenated alkanes) is 1. The lowest BCUT2D eigenvalue weighted by Crippen LogP contribution is -2.30. The molecule has 0 radical (unpaired) electrons. The summed E-state index contributed by atoms with van der Waals surface area (Å²) in [6, 6.07) is -0.551. The molecule has 0 aromatic carbocycles. The van der Waals surface area contributed by atoms with E-state index in [0.29, 0.717) is 25.7 Å². The second-order valence-corrected chi connectivity index (χ2v) is 4.21. The number of carbonyl (C=O) groups is 3. The van der Waals surface area contributed by atoms with E-state index in [1.54, 1.807) is 0 Å². The minimum Gasteiger partial charge on any atom is -0.396 e. The van der Waals surface area contributed by atoms with Gasteiger partial charge in [0.25, 0.3) is 0 Å². The van der Waals surface area contributed by atoms with E-state index in [1.807, 2.05) is 0 Å². The van der Waals surface area contributed by atoms with Crippen molar-refractivity contribution in [1.29, 1.82) is 0 Å². The van der Waals surface area contributed by atoms with E-state index < -0.39 is 6.04 Å². The van der Waals surface area contributed by atoms with Gasteiger partial charge < -0.3 is 10.8 Å². The molecule has 0 heterocycles. The topological polar surface area (TPSA) is 97.5 Å². The molecule has 0 aliphatic heterocycles. The summed E-state index contributed by atoms with van der Waals surface area (Å²) < 4.78 is 0. The summed E-state index contributed by atoms with van der Waals surface area (Å²) in [5.74, 6) is -0.333. The molecule has 0 spiro atoms. The summed E-state index contributed by atoms with van der Waals surface area (Å²) in [5.41, 5.74) is 5.60. The molecule has 0 saturated heterocycles. The second-order valence-electron chi connectivity index (χ2n) is 4.21. The number of hydrogen-bond acceptors (Lipinski definition) is 5. The average Bonchev–Trinajstić information content (AvgIpc) is 2.23. The van der Waals surface area contributed by atoms with Gasteiger partial charge in [0, 0.05) is 12.8 Å². The number of Topliss-reactive ketones (excluding diaryl/α,β-unsaturated/α-hetero) is 3. The Morgan fingerprint density at radius 1 is 1.18 bits per heavy atom. The number of rotatable bonds is 10. The normalized spacial score (nSPS) is 12.2. The smallest absolute Gasteiger partial charge is 0.151 e. The molecule has 0 aromatic heterocycles. The van der Waals surface area contributed by atoms with Crippen LogP contribution in [0.3, 0.4) is 0 Å². The van der Waals surface area contributed by atoms with E-state index in [2.05, 4.69) is 0 Å². The Morgan fingerprint density at radius 2 is 1.82 bits per heavy atom. The predicted octanol–water partition coefficient (Wildman–Crippen LogP) is 0.374. The van der Waals surface area contributed by atoms with Gasteiger partial charge in [-0.1, -0.05) is 6.42 Å². The molecule has 0 aliphatic carbocycles.